The van der Waals surface area contributed by atoms with Crippen molar-refractivity contribution >= 4 is 55.0 Å². The van der Waals surface area contributed by atoms with Gasteiger partial charge in [0.1, 0.15) is 5.75 Å². The minimum Gasteiger partial charge on any atom is -0.494 e. The average molecular weight is 668 g/mol. The van der Waals surface area contributed by atoms with Crippen molar-refractivity contribution in [1.29, 1.82) is 0 Å². The fourth-order valence-corrected chi connectivity index (χ4v) is 7.90. The number of fused-ring (bicyclic) bond motifs is 3. The minimum absolute atomic E-state index is 0.0768. The van der Waals surface area contributed by atoms with Gasteiger partial charge in [-0.3, -0.25) is 9.36 Å². The van der Waals surface area contributed by atoms with E-state index in [9.17, 15) is 4.79 Å². The molecule has 9 heteroatoms. The van der Waals surface area contributed by atoms with Crippen LogP contribution < -0.4 is 29.1 Å². The Morgan fingerprint density at radius 1 is 0.949 bits per heavy atom. The summed E-state index contributed by atoms with van der Waals surface area (Å²) in [5, 5.41) is 0. The molecule has 0 bridgehead atoms. The van der Waals surface area contributed by atoms with Crippen LogP contribution in [-0.4, -0.2) is 25.9 Å². The summed E-state index contributed by atoms with van der Waals surface area (Å²) in [6.07, 6.45) is 3.62. The summed E-state index contributed by atoms with van der Waals surface area (Å²) in [6, 6.07) is 17.8. The Morgan fingerprint density at radius 3 is 2.41 bits per heavy atom. The SMILES string of the molecule is COc1ccc([C@@H]2C3=C(N=c4s/c(=C\c5cc(Br)c(OC)c(Br)c5)c(=O)n42)c2ccccc2CC3)cc1OC. The molecule has 2 heterocycles. The van der Waals surface area contributed by atoms with E-state index >= 15 is 0 Å². The molecular formula is C30H24Br2N2O4S. The van der Waals surface area contributed by atoms with E-state index in [1.54, 1.807) is 21.3 Å². The van der Waals surface area contributed by atoms with Gasteiger partial charge in [-0.2, -0.15) is 0 Å². The summed E-state index contributed by atoms with van der Waals surface area (Å²) in [7, 11) is 4.87. The molecule has 0 amide bonds. The number of benzene rings is 3. The Hall–Kier alpha value is -3.14. The Morgan fingerprint density at radius 2 is 1.69 bits per heavy atom. The van der Waals surface area contributed by atoms with Crippen LogP contribution in [0.2, 0.25) is 0 Å². The zero-order chi connectivity index (χ0) is 27.3. The molecule has 1 aromatic heterocycles. The molecule has 0 unspecified atom stereocenters. The van der Waals surface area contributed by atoms with Crippen molar-refractivity contribution in [1.82, 2.24) is 4.57 Å². The van der Waals surface area contributed by atoms with Gasteiger partial charge >= 0.3 is 0 Å². The van der Waals surface area contributed by atoms with E-state index in [-0.39, 0.29) is 11.6 Å². The van der Waals surface area contributed by atoms with Gasteiger partial charge in [0.15, 0.2) is 16.3 Å². The van der Waals surface area contributed by atoms with Gasteiger partial charge in [-0.25, -0.2) is 4.99 Å². The van der Waals surface area contributed by atoms with E-state index in [1.807, 2.05) is 47.0 Å². The fraction of sp³-hybridized carbons (Fsp3) is 0.200. The minimum atomic E-state index is -0.305. The molecule has 1 aliphatic heterocycles. The second-order valence-corrected chi connectivity index (χ2v) is 12.0. The van der Waals surface area contributed by atoms with Crippen LogP contribution in [0.4, 0.5) is 0 Å². The van der Waals surface area contributed by atoms with Gasteiger partial charge in [-0.05, 0) is 97.3 Å². The molecule has 0 saturated heterocycles. The second-order valence-electron chi connectivity index (χ2n) is 9.25. The number of thiazole rings is 1. The van der Waals surface area contributed by atoms with Crippen LogP contribution in [0.5, 0.6) is 17.2 Å². The monoisotopic (exact) mass is 666 g/mol. The first-order chi connectivity index (χ1) is 18.9. The molecule has 0 N–H and O–H groups in total. The Balaban J connectivity index is 1.60. The lowest BCUT2D eigenvalue weighted by Gasteiger charge is -2.31. The maximum atomic E-state index is 14.0. The van der Waals surface area contributed by atoms with E-state index in [0.717, 1.165) is 49.7 Å². The van der Waals surface area contributed by atoms with Crippen LogP contribution in [-0.2, 0) is 6.42 Å². The van der Waals surface area contributed by atoms with Crippen molar-refractivity contribution in [3.8, 4) is 17.2 Å². The lowest BCUT2D eigenvalue weighted by Crippen LogP contribution is -2.38. The van der Waals surface area contributed by atoms with Crippen LogP contribution in [0.15, 0.2) is 78.9 Å². The number of halogens is 2. The second kappa shape index (κ2) is 10.4. The van der Waals surface area contributed by atoms with Gasteiger partial charge < -0.3 is 14.2 Å². The lowest BCUT2D eigenvalue weighted by atomic mass is 9.83. The molecule has 0 saturated carbocycles. The molecule has 0 spiro atoms. The summed E-state index contributed by atoms with van der Waals surface area (Å²) in [5.74, 6) is 1.97. The Labute approximate surface area is 246 Å². The highest BCUT2D eigenvalue weighted by Crippen LogP contribution is 2.43. The van der Waals surface area contributed by atoms with Gasteiger partial charge in [-0.1, -0.05) is 41.7 Å². The number of rotatable bonds is 5. The Kier molecular flexibility index (Phi) is 6.99. The highest BCUT2D eigenvalue weighted by Gasteiger charge is 2.33. The third kappa shape index (κ3) is 4.46. The number of aryl methyl sites for hydroxylation is 1. The summed E-state index contributed by atoms with van der Waals surface area (Å²) in [4.78, 5) is 19.8. The van der Waals surface area contributed by atoms with Crippen molar-refractivity contribution in [2.24, 2.45) is 4.99 Å². The molecule has 1 aliphatic carbocycles. The van der Waals surface area contributed by atoms with Gasteiger partial charge in [0.2, 0.25) is 0 Å². The number of ether oxygens (including phenoxy) is 3. The molecule has 1 atom stereocenters. The summed E-state index contributed by atoms with van der Waals surface area (Å²) in [6.45, 7) is 0. The third-order valence-corrected chi connectivity index (χ3v) is 9.28. The van der Waals surface area contributed by atoms with Gasteiger partial charge in [0, 0.05) is 5.56 Å². The van der Waals surface area contributed by atoms with Gasteiger partial charge in [-0.15, -0.1) is 0 Å². The molecule has 3 aromatic carbocycles. The van der Waals surface area contributed by atoms with Crippen molar-refractivity contribution in [2.75, 3.05) is 21.3 Å². The third-order valence-electron chi connectivity index (χ3n) is 7.12. The molecular weight excluding hydrogens is 644 g/mol. The first kappa shape index (κ1) is 26.1. The zero-order valence-electron chi connectivity index (χ0n) is 21.5. The molecule has 0 radical (unpaired) electrons. The maximum absolute atomic E-state index is 14.0. The van der Waals surface area contributed by atoms with Crippen LogP contribution in [0.25, 0.3) is 11.8 Å². The summed E-state index contributed by atoms with van der Waals surface area (Å²) < 4.78 is 20.6. The molecule has 2 aliphatic rings. The number of nitrogens with zero attached hydrogens (tertiary/aromatic N) is 2. The predicted octanol–water partition coefficient (Wildman–Crippen LogP) is 5.87. The molecule has 4 aromatic rings. The average Bonchev–Trinajstić information content (AvgIpc) is 3.25. The Bertz CT molecular complexity index is 1820. The van der Waals surface area contributed by atoms with Crippen molar-refractivity contribution < 1.29 is 14.2 Å². The van der Waals surface area contributed by atoms with Crippen molar-refractivity contribution in [3.63, 3.8) is 0 Å². The molecule has 39 heavy (non-hydrogen) atoms. The zero-order valence-corrected chi connectivity index (χ0v) is 25.4. The summed E-state index contributed by atoms with van der Waals surface area (Å²) >= 11 is 8.54. The van der Waals surface area contributed by atoms with E-state index in [2.05, 4.69) is 50.1 Å². The van der Waals surface area contributed by atoms with E-state index in [4.69, 9.17) is 19.2 Å². The standard InChI is InChI=1S/C30H24Br2N2O4S/c1-36-23-11-9-18(15-24(23)37-2)27-20-10-8-17-6-4-5-7-19(17)26(20)33-30-34(27)29(35)25(39-30)14-16-12-21(31)28(38-3)22(32)13-16/h4-7,9,11-15,27H,8,10H2,1-3H3/b25-14-/t27-/m1/s1. The van der Waals surface area contributed by atoms with E-state index in [1.165, 1.54) is 16.9 Å². The first-order valence-corrected chi connectivity index (χ1v) is 14.7. The number of methoxy groups -OCH3 is 3. The lowest BCUT2D eigenvalue weighted by molar-refractivity contribution is 0.354. The highest BCUT2D eigenvalue weighted by molar-refractivity contribution is 9.11. The fourth-order valence-electron chi connectivity index (χ4n) is 5.35. The smallest absolute Gasteiger partial charge is 0.271 e. The van der Waals surface area contributed by atoms with Crippen LogP contribution in [0, 0.1) is 0 Å². The maximum Gasteiger partial charge on any atom is 0.271 e. The predicted molar refractivity (Wildman–Crippen MR) is 161 cm³/mol. The number of hydrogen-bond donors (Lipinski definition) is 0. The number of aromatic nitrogens is 1. The summed E-state index contributed by atoms with van der Waals surface area (Å²) in [5.41, 5.74) is 6.25. The number of allylic oxidation sites excluding steroid dienone is 1. The first-order valence-electron chi connectivity index (χ1n) is 12.3. The van der Waals surface area contributed by atoms with Gasteiger partial charge in [0.25, 0.3) is 5.56 Å². The van der Waals surface area contributed by atoms with Crippen LogP contribution in [0.3, 0.4) is 0 Å². The van der Waals surface area contributed by atoms with Gasteiger partial charge in [0.05, 0.1) is 46.5 Å². The van der Waals surface area contributed by atoms with Crippen LogP contribution in [0.1, 0.15) is 34.7 Å². The molecule has 6 nitrogen and oxygen atoms in total. The highest BCUT2D eigenvalue weighted by atomic mass is 79.9. The van der Waals surface area contributed by atoms with Crippen molar-refractivity contribution in [3.05, 3.63) is 111 Å². The molecule has 0 fully saturated rings. The van der Waals surface area contributed by atoms with Crippen molar-refractivity contribution in [2.45, 2.75) is 18.9 Å². The number of hydrogen-bond acceptors (Lipinski definition) is 6. The largest absolute Gasteiger partial charge is 0.494 e. The van der Waals surface area contributed by atoms with Crippen LogP contribution >= 0.6 is 43.2 Å². The topological polar surface area (TPSA) is 62.0 Å². The van der Waals surface area contributed by atoms with E-state index < -0.39 is 0 Å². The normalized spacial score (nSPS) is 16.2. The molecule has 198 valence electrons. The quantitative estimate of drug-likeness (QED) is 0.267. The van der Waals surface area contributed by atoms with E-state index in [0.29, 0.717) is 26.6 Å². The molecule has 6 rings (SSSR count).